The maximum atomic E-state index is 13.1. The molecule has 1 amide bonds. The Morgan fingerprint density at radius 1 is 0.968 bits per heavy atom. The van der Waals surface area contributed by atoms with E-state index < -0.39 is 22.0 Å². The molecule has 1 aliphatic heterocycles. The molecule has 0 radical (unpaired) electrons. The summed E-state index contributed by atoms with van der Waals surface area (Å²) in [6.45, 7) is 2.00. The van der Waals surface area contributed by atoms with Crippen molar-refractivity contribution in [3.8, 4) is 11.5 Å². The van der Waals surface area contributed by atoms with E-state index >= 15 is 0 Å². The van der Waals surface area contributed by atoms with Gasteiger partial charge in [0.2, 0.25) is 22.7 Å². The molecule has 0 spiro atoms. The zero-order valence-corrected chi connectivity index (χ0v) is 17.7. The second-order valence-electron chi connectivity index (χ2n) is 7.23. The number of nitrogens with one attached hydrogen (secondary N) is 2. The van der Waals surface area contributed by atoms with Gasteiger partial charge in [-0.05, 0) is 43.2 Å². The second-order valence-corrected chi connectivity index (χ2v) is 8.95. The van der Waals surface area contributed by atoms with Gasteiger partial charge in [0.25, 0.3) is 0 Å². The predicted octanol–water partition coefficient (Wildman–Crippen LogP) is 3.25. The number of hydrogen-bond acceptors (Lipinski definition) is 5. The van der Waals surface area contributed by atoms with Crippen LogP contribution in [0.3, 0.4) is 0 Å². The molecule has 7 nitrogen and oxygen atoms in total. The van der Waals surface area contributed by atoms with E-state index in [1.165, 1.54) is 12.1 Å². The summed E-state index contributed by atoms with van der Waals surface area (Å²) in [5, 5.41) is 2.77. The van der Waals surface area contributed by atoms with Gasteiger partial charge in [-0.15, -0.1) is 0 Å². The van der Waals surface area contributed by atoms with Crippen LogP contribution >= 0.6 is 0 Å². The molecule has 0 bridgehead atoms. The average molecular weight is 439 g/mol. The normalized spacial score (nSPS) is 13.6. The molecule has 31 heavy (non-hydrogen) atoms. The third-order valence-corrected chi connectivity index (χ3v) is 6.36. The van der Waals surface area contributed by atoms with Gasteiger partial charge >= 0.3 is 0 Å². The molecule has 0 saturated heterocycles. The van der Waals surface area contributed by atoms with Gasteiger partial charge < -0.3 is 14.8 Å². The molecule has 1 heterocycles. The summed E-state index contributed by atoms with van der Waals surface area (Å²) >= 11 is 0. The first-order chi connectivity index (χ1) is 14.9. The highest BCUT2D eigenvalue weighted by molar-refractivity contribution is 7.89. The van der Waals surface area contributed by atoms with Crippen molar-refractivity contribution in [3.63, 3.8) is 0 Å². The maximum absolute atomic E-state index is 13.1. The second kappa shape index (κ2) is 8.79. The number of carbonyl (C=O) groups is 1. The number of fused-ring (bicyclic) bond motifs is 1. The number of sulfonamides is 1. The SMILES string of the molecule is Cc1ccc(S(=O)(=O)N[C@H](Cc2ccccc2)C(=O)Nc2ccc3c(c2)OCO3)cc1. The summed E-state index contributed by atoms with van der Waals surface area (Å²) < 4.78 is 39.0. The molecular weight excluding hydrogens is 416 g/mol. The van der Waals surface area contributed by atoms with E-state index in [2.05, 4.69) is 10.0 Å². The van der Waals surface area contributed by atoms with E-state index in [-0.39, 0.29) is 18.1 Å². The van der Waals surface area contributed by atoms with Crippen molar-refractivity contribution in [1.29, 1.82) is 0 Å². The third kappa shape index (κ3) is 5.04. The summed E-state index contributed by atoms with van der Waals surface area (Å²) in [5.41, 5.74) is 2.27. The van der Waals surface area contributed by atoms with Crippen LogP contribution in [-0.4, -0.2) is 27.2 Å². The molecule has 8 heteroatoms. The summed E-state index contributed by atoms with van der Waals surface area (Å²) in [7, 11) is -3.90. The molecule has 0 aromatic heterocycles. The first-order valence-corrected chi connectivity index (χ1v) is 11.2. The molecular formula is C23H22N2O5S. The molecule has 2 N–H and O–H groups in total. The van der Waals surface area contributed by atoms with Crippen molar-refractivity contribution >= 4 is 21.6 Å². The number of carbonyl (C=O) groups excluding carboxylic acids is 1. The van der Waals surface area contributed by atoms with Crippen molar-refractivity contribution in [2.75, 3.05) is 12.1 Å². The number of ether oxygens (including phenoxy) is 2. The summed E-state index contributed by atoms with van der Waals surface area (Å²) in [4.78, 5) is 13.2. The third-order valence-electron chi connectivity index (χ3n) is 4.87. The predicted molar refractivity (Wildman–Crippen MR) is 117 cm³/mol. The van der Waals surface area contributed by atoms with Crippen LogP contribution in [0, 0.1) is 6.92 Å². The molecule has 0 unspecified atom stereocenters. The Balaban J connectivity index is 1.57. The molecule has 3 aromatic rings. The van der Waals surface area contributed by atoms with Gasteiger partial charge in [-0.1, -0.05) is 48.0 Å². The number of amides is 1. The van der Waals surface area contributed by atoms with Crippen LogP contribution in [0.2, 0.25) is 0 Å². The van der Waals surface area contributed by atoms with Gasteiger partial charge in [-0.2, -0.15) is 4.72 Å². The topological polar surface area (TPSA) is 93.7 Å². The van der Waals surface area contributed by atoms with Crippen molar-refractivity contribution in [1.82, 2.24) is 4.72 Å². The fourth-order valence-corrected chi connectivity index (χ4v) is 4.41. The molecule has 1 atom stereocenters. The first kappa shape index (κ1) is 20.9. The molecule has 1 aliphatic rings. The number of rotatable bonds is 7. The van der Waals surface area contributed by atoms with Crippen LogP contribution < -0.4 is 19.5 Å². The van der Waals surface area contributed by atoms with E-state index in [1.807, 2.05) is 37.3 Å². The standard InChI is InChI=1S/C23H22N2O5S/c1-16-7-10-19(11-8-16)31(27,28)25-20(13-17-5-3-2-4-6-17)23(26)24-18-9-12-21-22(14-18)30-15-29-21/h2-12,14,20,25H,13,15H2,1H3,(H,24,26)/t20-/m1/s1. The van der Waals surface area contributed by atoms with E-state index in [0.717, 1.165) is 11.1 Å². The van der Waals surface area contributed by atoms with Crippen molar-refractivity contribution in [2.45, 2.75) is 24.3 Å². The zero-order valence-electron chi connectivity index (χ0n) is 16.9. The van der Waals surface area contributed by atoms with Gasteiger partial charge in [0.05, 0.1) is 4.90 Å². The Bertz CT molecular complexity index is 1180. The first-order valence-electron chi connectivity index (χ1n) is 9.74. The lowest BCUT2D eigenvalue weighted by Gasteiger charge is -2.19. The quantitative estimate of drug-likeness (QED) is 0.591. The lowest BCUT2D eigenvalue weighted by molar-refractivity contribution is -0.117. The van der Waals surface area contributed by atoms with Crippen LogP contribution in [0.15, 0.2) is 77.7 Å². The Labute approximate surface area is 181 Å². The van der Waals surface area contributed by atoms with Gasteiger partial charge in [0, 0.05) is 11.8 Å². The van der Waals surface area contributed by atoms with Crippen molar-refractivity contribution in [3.05, 3.63) is 83.9 Å². The van der Waals surface area contributed by atoms with Crippen molar-refractivity contribution in [2.24, 2.45) is 0 Å². The lowest BCUT2D eigenvalue weighted by atomic mass is 10.1. The number of hydrogen-bond donors (Lipinski definition) is 2. The Hall–Kier alpha value is -3.36. The highest BCUT2D eigenvalue weighted by Crippen LogP contribution is 2.34. The largest absolute Gasteiger partial charge is 0.454 e. The highest BCUT2D eigenvalue weighted by atomic mass is 32.2. The lowest BCUT2D eigenvalue weighted by Crippen LogP contribution is -2.45. The van der Waals surface area contributed by atoms with Crippen molar-refractivity contribution < 1.29 is 22.7 Å². The van der Waals surface area contributed by atoms with Crippen LogP contribution in [0.1, 0.15) is 11.1 Å². The van der Waals surface area contributed by atoms with E-state index in [0.29, 0.717) is 17.2 Å². The van der Waals surface area contributed by atoms with Crippen LogP contribution in [0.5, 0.6) is 11.5 Å². The molecule has 0 fully saturated rings. The Kier molecular flexibility index (Phi) is 5.92. The molecule has 4 rings (SSSR count). The molecule has 0 aliphatic carbocycles. The Morgan fingerprint density at radius 2 is 1.68 bits per heavy atom. The van der Waals surface area contributed by atoms with E-state index in [9.17, 15) is 13.2 Å². The molecule has 3 aromatic carbocycles. The molecule has 0 saturated carbocycles. The molecule has 160 valence electrons. The van der Waals surface area contributed by atoms with E-state index in [4.69, 9.17) is 9.47 Å². The zero-order chi connectivity index (χ0) is 21.8. The fraction of sp³-hybridized carbons (Fsp3) is 0.174. The fourth-order valence-electron chi connectivity index (χ4n) is 3.21. The summed E-state index contributed by atoms with van der Waals surface area (Å²) in [6, 6.07) is 19.7. The van der Waals surface area contributed by atoms with Crippen LogP contribution in [-0.2, 0) is 21.2 Å². The highest BCUT2D eigenvalue weighted by Gasteiger charge is 2.26. The minimum Gasteiger partial charge on any atom is -0.454 e. The van der Waals surface area contributed by atoms with Gasteiger partial charge in [0.15, 0.2) is 11.5 Å². The number of anilines is 1. The van der Waals surface area contributed by atoms with Gasteiger partial charge in [-0.3, -0.25) is 4.79 Å². The summed E-state index contributed by atoms with van der Waals surface area (Å²) in [6.07, 6.45) is 0.197. The summed E-state index contributed by atoms with van der Waals surface area (Å²) in [5.74, 6) is 0.648. The van der Waals surface area contributed by atoms with Gasteiger partial charge in [0.1, 0.15) is 6.04 Å². The Morgan fingerprint density at radius 3 is 2.42 bits per heavy atom. The maximum Gasteiger partial charge on any atom is 0.242 e. The van der Waals surface area contributed by atoms with Crippen LogP contribution in [0.4, 0.5) is 5.69 Å². The number of benzene rings is 3. The average Bonchev–Trinajstić information content (AvgIpc) is 3.22. The minimum absolute atomic E-state index is 0.104. The van der Waals surface area contributed by atoms with E-state index in [1.54, 1.807) is 30.3 Å². The van der Waals surface area contributed by atoms with Gasteiger partial charge in [-0.25, -0.2) is 8.42 Å². The smallest absolute Gasteiger partial charge is 0.242 e. The van der Waals surface area contributed by atoms with Crippen LogP contribution in [0.25, 0.3) is 0 Å². The monoisotopic (exact) mass is 438 g/mol. The minimum atomic E-state index is -3.90. The number of aryl methyl sites for hydroxylation is 1.